The lowest BCUT2D eigenvalue weighted by molar-refractivity contribution is -0.133. The van der Waals surface area contributed by atoms with Crippen LogP contribution in [0.2, 0.25) is 0 Å². The van der Waals surface area contributed by atoms with E-state index in [4.69, 9.17) is 4.74 Å². The van der Waals surface area contributed by atoms with E-state index in [2.05, 4.69) is 44.3 Å². The second-order valence-corrected chi connectivity index (χ2v) is 6.33. The zero-order valence-corrected chi connectivity index (χ0v) is 13.2. The van der Waals surface area contributed by atoms with E-state index in [9.17, 15) is 4.79 Å². The highest BCUT2D eigenvalue weighted by Gasteiger charge is 2.44. The second-order valence-electron chi connectivity index (χ2n) is 6.33. The maximum absolute atomic E-state index is 12.6. The fraction of sp³-hybridized carbons (Fsp3) is 0.588. The molecule has 4 atom stereocenters. The molecule has 1 amide bonds. The van der Waals surface area contributed by atoms with Gasteiger partial charge in [0, 0.05) is 6.61 Å². The number of carbonyl (C=O) groups excluding carboxylic acids is 1. The molecule has 4 nitrogen and oxygen atoms in total. The van der Waals surface area contributed by atoms with Crippen LogP contribution in [-0.2, 0) is 9.53 Å². The number of benzene rings is 1. The fourth-order valence-electron chi connectivity index (χ4n) is 3.47. The summed E-state index contributed by atoms with van der Waals surface area (Å²) < 4.78 is 5.68. The zero-order valence-electron chi connectivity index (χ0n) is 13.2. The molecule has 0 aromatic heterocycles. The van der Waals surface area contributed by atoms with Crippen LogP contribution in [0.15, 0.2) is 18.2 Å². The van der Waals surface area contributed by atoms with Crippen molar-refractivity contribution in [3.8, 4) is 0 Å². The van der Waals surface area contributed by atoms with Gasteiger partial charge in [0.05, 0.1) is 18.2 Å². The Labute approximate surface area is 126 Å². The quantitative estimate of drug-likeness (QED) is 0.908. The Kier molecular flexibility index (Phi) is 3.76. The molecule has 0 aliphatic carbocycles. The van der Waals surface area contributed by atoms with Gasteiger partial charge in [-0.3, -0.25) is 10.1 Å². The minimum absolute atomic E-state index is 0.0402. The molecule has 1 aromatic rings. The molecule has 4 unspecified atom stereocenters. The number of carbonyl (C=O) groups is 1. The maximum Gasteiger partial charge on any atom is 0.241 e. The molecule has 0 spiro atoms. The Balaban J connectivity index is 1.99. The van der Waals surface area contributed by atoms with E-state index in [-0.39, 0.29) is 30.3 Å². The Morgan fingerprint density at radius 3 is 2.71 bits per heavy atom. The van der Waals surface area contributed by atoms with Crippen LogP contribution in [0.5, 0.6) is 0 Å². The third-order valence-electron chi connectivity index (χ3n) is 4.73. The molecule has 21 heavy (non-hydrogen) atoms. The van der Waals surface area contributed by atoms with Gasteiger partial charge in [0.2, 0.25) is 5.91 Å². The van der Waals surface area contributed by atoms with Crippen molar-refractivity contribution in [2.75, 3.05) is 6.61 Å². The summed E-state index contributed by atoms with van der Waals surface area (Å²) in [5.74, 6) is 0.184. The van der Waals surface area contributed by atoms with E-state index in [1.807, 2.05) is 11.8 Å². The van der Waals surface area contributed by atoms with Gasteiger partial charge in [-0.15, -0.1) is 0 Å². The van der Waals surface area contributed by atoms with E-state index in [0.717, 1.165) is 13.0 Å². The molecule has 114 valence electrons. The van der Waals surface area contributed by atoms with Gasteiger partial charge >= 0.3 is 0 Å². The Hall–Kier alpha value is -1.39. The van der Waals surface area contributed by atoms with Gasteiger partial charge in [0.15, 0.2) is 0 Å². The summed E-state index contributed by atoms with van der Waals surface area (Å²) in [6.45, 7) is 8.95. The third-order valence-corrected chi connectivity index (χ3v) is 4.73. The average Bonchev–Trinajstić information content (AvgIpc) is 2.97. The number of aryl methyl sites for hydroxylation is 2. The Bertz CT molecular complexity index is 558. The SMILES string of the molecule is Cc1ccc(C)c(C2NC(C)C(=O)N2C2CCOC2C)c1. The first kappa shape index (κ1) is 14.5. The number of hydrogen-bond donors (Lipinski definition) is 1. The number of amides is 1. The van der Waals surface area contributed by atoms with Gasteiger partial charge in [-0.25, -0.2) is 0 Å². The van der Waals surface area contributed by atoms with Crippen LogP contribution in [0.4, 0.5) is 0 Å². The van der Waals surface area contributed by atoms with Crippen molar-refractivity contribution < 1.29 is 9.53 Å². The molecule has 2 aliphatic heterocycles. The van der Waals surface area contributed by atoms with Crippen LogP contribution in [0.1, 0.15) is 43.1 Å². The molecule has 3 rings (SSSR count). The van der Waals surface area contributed by atoms with Gasteiger partial charge in [-0.2, -0.15) is 0 Å². The number of hydrogen-bond acceptors (Lipinski definition) is 3. The minimum Gasteiger partial charge on any atom is -0.376 e. The predicted molar refractivity (Wildman–Crippen MR) is 81.9 cm³/mol. The van der Waals surface area contributed by atoms with Crippen molar-refractivity contribution in [1.82, 2.24) is 10.2 Å². The highest BCUT2D eigenvalue weighted by molar-refractivity contribution is 5.84. The number of ether oxygens (including phenoxy) is 1. The summed E-state index contributed by atoms with van der Waals surface area (Å²) >= 11 is 0. The molecule has 2 aliphatic rings. The number of rotatable bonds is 2. The molecule has 4 heteroatoms. The molecular formula is C17H24N2O2. The van der Waals surface area contributed by atoms with E-state index in [0.29, 0.717) is 0 Å². The molecule has 2 heterocycles. The van der Waals surface area contributed by atoms with Crippen molar-refractivity contribution in [2.24, 2.45) is 0 Å². The van der Waals surface area contributed by atoms with Crippen LogP contribution in [0.3, 0.4) is 0 Å². The zero-order chi connectivity index (χ0) is 15.1. The van der Waals surface area contributed by atoms with Crippen molar-refractivity contribution >= 4 is 5.91 Å². The monoisotopic (exact) mass is 288 g/mol. The van der Waals surface area contributed by atoms with Gasteiger partial charge in [-0.05, 0) is 45.2 Å². The van der Waals surface area contributed by atoms with Gasteiger partial charge in [-0.1, -0.05) is 23.8 Å². The number of nitrogens with one attached hydrogen (secondary N) is 1. The maximum atomic E-state index is 12.6. The van der Waals surface area contributed by atoms with E-state index < -0.39 is 0 Å². The predicted octanol–water partition coefficient (Wildman–Crippen LogP) is 2.30. The molecule has 0 saturated carbocycles. The van der Waals surface area contributed by atoms with Crippen LogP contribution in [0, 0.1) is 13.8 Å². The smallest absolute Gasteiger partial charge is 0.241 e. The summed E-state index contributed by atoms with van der Waals surface area (Å²) in [7, 11) is 0. The molecular weight excluding hydrogens is 264 g/mol. The first-order valence-corrected chi connectivity index (χ1v) is 7.76. The van der Waals surface area contributed by atoms with E-state index in [1.54, 1.807) is 0 Å². The van der Waals surface area contributed by atoms with Crippen molar-refractivity contribution in [2.45, 2.75) is 58.5 Å². The lowest BCUT2D eigenvalue weighted by Gasteiger charge is -2.33. The van der Waals surface area contributed by atoms with Crippen LogP contribution in [0.25, 0.3) is 0 Å². The standard InChI is InChI=1S/C17H24N2O2/c1-10-5-6-11(2)14(9-10)16-18-12(3)17(20)19(16)15-7-8-21-13(15)4/h5-6,9,12-13,15-16,18H,7-8H2,1-4H3. The van der Waals surface area contributed by atoms with Crippen LogP contribution < -0.4 is 5.32 Å². The highest BCUT2D eigenvalue weighted by atomic mass is 16.5. The normalized spacial score (nSPS) is 33.0. The first-order chi connectivity index (χ1) is 9.99. The van der Waals surface area contributed by atoms with E-state index >= 15 is 0 Å². The second kappa shape index (κ2) is 5.43. The summed E-state index contributed by atoms with van der Waals surface area (Å²) in [6.07, 6.45) is 0.984. The van der Waals surface area contributed by atoms with E-state index in [1.165, 1.54) is 16.7 Å². The summed E-state index contributed by atoms with van der Waals surface area (Å²) in [6, 6.07) is 6.46. The van der Waals surface area contributed by atoms with Crippen molar-refractivity contribution in [1.29, 1.82) is 0 Å². The Morgan fingerprint density at radius 2 is 2.05 bits per heavy atom. The van der Waals surface area contributed by atoms with Crippen LogP contribution >= 0.6 is 0 Å². The van der Waals surface area contributed by atoms with Crippen LogP contribution in [-0.4, -0.2) is 35.6 Å². The number of nitrogens with zero attached hydrogens (tertiary/aromatic N) is 1. The highest BCUT2D eigenvalue weighted by Crippen LogP contribution is 2.34. The molecule has 1 N–H and O–H groups in total. The van der Waals surface area contributed by atoms with Gasteiger partial charge in [0.25, 0.3) is 0 Å². The minimum atomic E-state index is -0.136. The molecule has 2 saturated heterocycles. The lowest BCUT2D eigenvalue weighted by atomic mass is 10.0. The first-order valence-electron chi connectivity index (χ1n) is 7.76. The van der Waals surface area contributed by atoms with Crippen molar-refractivity contribution in [3.05, 3.63) is 34.9 Å². The van der Waals surface area contributed by atoms with Gasteiger partial charge in [0.1, 0.15) is 6.17 Å². The fourth-order valence-corrected chi connectivity index (χ4v) is 3.47. The molecule has 1 aromatic carbocycles. The lowest BCUT2D eigenvalue weighted by Crippen LogP contribution is -2.43. The van der Waals surface area contributed by atoms with Crippen molar-refractivity contribution in [3.63, 3.8) is 0 Å². The topological polar surface area (TPSA) is 41.6 Å². The Morgan fingerprint density at radius 1 is 1.29 bits per heavy atom. The van der Waals surface area contributed by atoms with Gasteiger partial charge < -0.3 is 9.64 Å². The average molecular weight is 288 g/mol. The molecule has 0 radical (unpaired) electrons. The summed E-state index contributed by atoms with van der Waals surface area (Å²) in [4.78, 5) is 14.6. The largest absolute Gasteiger partial charge is 0.376 e. The molecule has 2 fully saturated rings. The molecule has 0 bridgehead atoms. The third kappa shape index (κ3) is 2.47. The summed E-state index contributed by atoms with van der Waals surface area (Å²) in [5, 5.41) is 3.46. The summed E-state index contributed by atoms with van der Waals surface area (Å²) in [5.41, 5.74) is 3.64.